The SMILES string of the molecule is CCc1cc(CN[C@@H](C)c2ccc(C)cc2)n(CC)n1. The van der Waals surface area contributed by atoms with E-state index in [9.17, 15) is 0 Å². The molecule has 1 N–H and O–H groups in total. The van der Waals surface area contributed by atoms with Crippen molar-refractivity contribution in [1.82, 2.24) is 15.1 Å². The monoisotopic (exact) mass is 271 g/mol. The van der Waals surface area contributed by atoms with Crippen LogP contribution in [0.25, 0.3) is 0 Å². The highest BCUT2D eigenvalue weighted by molar-refractivity contribution is 5.23. The Morgan fingerprint density at radius 2 is 1.90 bits per heavy atom. The molecule has 1 aromatic heterocycles. The average molecular weight is 271 g/mol. The third-order valence-corrected chi connectivity index (χ3v) is 3.74. The van der Waals surface area contributed by atoms with Crippen molar-refractivity contribution in [2.45, 2.75) is 53.2 Å². The molecule has 0 fully saturated rings. The number of hydrogen-bond acceptors (Lipinski definition) is 2. The van der Waals surface area contributed by atoms with Crippen LogP contribution in [0.3, 0.4) is 0 Å². The van der Waals surface area contributed by atoms with Crippen molar-refractivity contribution < 1.29 is 0 Å². The average Bonchev–Trinajstić information content (AvgIpc) is 2.88. The highest BCUT2D eigenvalue weighted by atomic mass is 15.3. The van der Waals surface area contributed by atoms with Crippen LogP contribution in [-0.4, -0.2) is 9.78 Å². The Morgan fingerprint density at radius 1 is 1.20 bits per heavy atom. The maximum Gasteiger partial charge on any atom is 0.0625 e. The largest absolute Gasteiger partial charge is 0.305 e. The van der Waals surface area contributed by atoms with Gasteiger partial charge in [0.1, 0.15) is 0 Å². The zero-order chi connectivity index (χ0) is 14.5. The topological polar surface area (TPSA) is 29.9 Å². The summed E-state index contributed by atoms with van der Waals surface area (Å²) < 4.78 is 2.09. The minimum atomic E-state index is 0.348. The highest BCUT2D eigenvalue weighted by Gasteiger charge is 2.08. The second kappa shape index (κ2) is 6.71. The lowest BCUT2D eigenvalue weighted by molar-refractivity contribution is 0.530. The molecule has 0 saturated carbocycles. The second-order valence-corrected chi connectivity index (χ2v) is 5.31. The molecule has 0 aliphatic carbocycles. The third kappa shape index (κ3) is 3.48. The first-order valence-corrected chi connectivity index (χ1v) is 7.49. The van der Waals surface area contributed by atoms with Gasteiger partial charge in [0, 0.05) is 19.1 Å². The van der Waals surface area contributed by atoms with Gasteiger partial charge >= 0.3 is 0 Å². The summed E-state index contributed by atoms with van der Waals surface area (Å²) in [6.07, 6.45) is 0.994. The first-order chi connectivity index (χ1) is 9.63. The van der Waals surface area contributed by atoms with E-state index in [-0.39, 0.29) is 0 Å². The van der Waals surface area contributed by atoms with Crippen LogP contribution in [0.2, 0.25) is 0 Å². The van der Waals surface area contributed by atoms with Crippen LogP contribution in [0.4, 0.5) is 0 Å². The smallest absolute Gasteiger partial charge is 0.0625 e. The Labute approximate surface area is 122 Å². The Bertz CT molecular complexity index is 540. The molecule has 3 nitrogen and oxygen atoms in total. The molecule has 108 valence electrons. The summed E-state index contributed by atoms with van der Waals surface area (Å²) in [4.78, 5) is 0. The first kappa shape index (κ1) is 14.8. The van der Waals surface area contributed by atoms with E-state index < -0.39 is 0 Å². The van der Waals surface area contributed by atoms with Gasteiger partial charge in [0.2, 0.25) is 0 Å². The van der Waals surface area contributed by atoms with Crippen molar-refractivity contribution in [1.29, 1.82) is 0 Å². The van der Waals surface area contributed by atoms with Gasteiger partial charge in [0.25, 0.3) is 0 Å². The predicted octanol–water partition coefficient (Wildman–Crippen LogP) is 3.62. The summed E-state index contributed by atoms with van der Waals surface area (Å²) >= 11 is 0. The van der Waals surface area contributed by atoms with E-state index in [1.165, 1.54) is 22.5 Å². The standard InChI is InChI=1S/C17H25N3/c1-5-16-11-17(20(6-2)19-16)12-18-14(4)15-9-7-13(3)8-10-15/h7-11,14,18H,5-6,12H2,1-4H3/t14-/m0/s1. The molecule has 0 aliphatic heterocycles. The lowest BCUT2D eigenvalue weighted by Gasteiger charge is -2.15. The van der Waals surface area contributed by atoms with Gasteiger partial charge in [-0.2, -0.15) is 5.10 Å². The molecule has 2 aromatic rings. The van der Waals surface area contributed by atoms with Crippen molar-refractivity contribution in [3.05, 3.63) is 52.8 Å². The van der Waals surface area contributed by atoms with E-state index in [4.69, 9.17) is 0 Å². The van der Waals surface area contributed by atoms with Crippen LogP contribution in [0.1, 0.15) is 49.3 Å². The molecule has 0 aliphatic rings. The van der Waals surface area contributed by atoms with E-state index in [2.05, 4.69) is 73.1 Å². The molecule has 1 aromatic carbocycles. The lowest BCUT2D eigenvalue weighted by Crippen LogP contribution is -2.20. The van der Waals surface area contributed by atoms with E-state index in [0.717, 1.165) is 19.5 Å². The molecular weight excluding hydrogens is 246 g/mol. The molecule has 0 bridgehead atoms. The molecule has 0 radical (unpaired) electrons. The van der Waals surface area contributed by atoms with Crippen LogP contribution >= 0.6 is 0 Å². The van der Waals surface area contributed by atoms with E-state index >= 15 is 0 Å². The predicted molar refractivity (Wildman–Crippen MR) is 83.7 cm³/mol. The fourth-order valence-corrected chi connectivity index (χ4v) is 2.33. The van der Waals surface area contributed by atoms with Gasteiger partial charge in [-0.05, 0) is 38.8 Å². The van der Waals surface area contributed by atoms with Crippen LogP contribution in [-0.2, 0) is 19.5 Å². The summed E-state index contributed by atoms with van der Waals surface area (Å²) in [5.41, 5.74) is 5.07. The molecule has 0 unspecified atom stereocenters. The minimum Gasteiger partial charge on any atom is -0.305 e. The zero-order valence-electron chi connectivity index (χ0n) is 13.0. The summed E-state index contributed by atoms with van der Waals surface area (Å²) in [7, 11) is 0. The minimum absolute atomic E-state index is 0.348. The molecule has 20 heavy (non-hydrogen) atoms. The molecule has 1 atom stereocenters. The number of nitrogens with one attached hydrogen (secondary N) is 1. The van der Waals surface area contributed by atoms with Crippen molar-refractivity contribution in [3.8, 4) is 0 Å². The number of aromatic nitrogens is 2. The third-order valence-electron chi connectivity index (χ3n) is 3.74. The van der Waals surface area contributed by atoms with E-state index in [1.54, 1.807) is 0 Å². The van der Waals surface area contributed by atoms with Gasteiger partial charge in [-0.1, -0.05) is 36.8 Å². The summed E-state index contributed by atoms with van der Waals surface area (Å²) in [6.45, 7) is 10.4. The van der Waals surface area contributed by atoms with Gasteiger partial charge in [0.05, 0.1) is 11.4 Å². The Balaban J connectivity index is 2.00. The fraction of sp³-hybridized carbons (Fsp3) is 0.471. The van der Waals surface area contributed by atoms with Crippen molar-refractivity contribution in [2.75, 3.05) is 0 Å². The Hall–Kier alpha value is -1.61. The Kier molecular flexibility index (Phi) is 4.96. The van der Waals surface area contributed by atoms with Crippen LogP contribution in [0.5, 0.6) is 0 Å². The summed E-state index contributed by atoms with van der Waals surface area (Å²) in [5.74, 6) is 0. The van der Waals surface area contributed by atoms with E-state index in [1.807, 2.05) is 0 Å². The van der Waals surface area contributed by atoms with Crippen molar-refractivity contribution in [2.24, 2.45) is 0 Å². The second-order valence-electron chi connectivity index (χ2n) is 5.31. The number of aryl methyl sites for hydroxylation is 3. The van der Waals surface area contributed by atoms with Crippen LogP contribution < -0.4 is 5.32 Å². The van der Waals surface area contributed by atoms with Crippen LogP contribution in [0, 0.1) is 6.92 Å². The molecule has 1 heterocycles. The number of rotatable bonds is 6. The molecule has 2 rings (SSSR count). The maximum atomic E-state index is 4.59. The first-order valence-electron chi connectivity index (χ1n) is 7.49. The molecule has 3 heteroatoms. The maximum absolute atomic E-state index is 4.59. The van der Waals surface area contributed by atoms with Gasteiger partial charge in [0.15, 0.2) is 0 Å². The fourth-order valence-electron chi connectivity index (χ4n) is 2.33. The number of hydrogen-bond donors (Lipinski definition) is 1. The normalized spacial score (nSPS) is 12.6. The Morgan fingerprint density at radius 3 is 2.50 bits per heavy atom. The summed E-state index contributed by atoms with van der Waals surface area (Å²) in [5, 5.41) is 8.17. The molecule has 0 spiro atoms. The number of benzene rings is 1. The van der Waals surface area contributed by atoms with Gasteiger partial charge in [-0.15, -0.1) is 0 Å². The zero-order valence-corrected chi connectivity index (χ0v) is 13.0. The highest BCUT2D eigenvalue weighted by Crippen LogP contribution is 2.14. The van der Waals surface area contributed by atoms with Crippen LogP contribution in [0.15, 0.2) is 30.3 Å². The van der Waals surface area contributed by atoms with Gasteiger partial charge < -0.3 is 5.32 Å². The number of nitrogens with zero attached hydrogens (tertiary/aromatic N) is 2. The molecule has 0 amide bonds. The van der Waals surface area contributed by atoms with Gasteiger partial charge in [-0.25, -0.2) is 0 Å². The summed E-state index contributed by atoms with van der Waals surface area (Å²) in [6, 6.07) is 11.3. The molecular formula is C17H25N3. The van der Waals surface area contributed by atoms with Crippen molar-refractivity contribution in [3.63, 3.8) is 0 Å². The van der Waals surface area contributed by atoms with Crippen molar-refractivity contribution >= 4 is 0 Å². The molecule has 0 saturated heterocycles. The van der Waals surface area contributed by atoms with Gasteiger partial charge in [-0.3, -0.25) is 4.68 Å². The quantitative estimate of drug-likeness (QED) is 0.869. The lowest BCUT2D eigenvalue weighted by atomic mass is 10.1. The van der Waals surface area contributed by atoms with E-state index in [0.29, 0.717) is 6.04 Å².